The van der Waals surface area contributed by atoms with Gasteiger partial charge in [-0.25, -0.2) is 0 Å². The SMILES string of the molecule is O=C(CCCOc1ccc(Cl)cc1Cl)OCc1nc(-c2ccc([N+](=O)[O-])cc2)no1. The molecule has 0 saturated heterocycles. The van der Waals surface area contributed by atoms with E-state index in [1.165, 1.54) is 24.3 Å². The van der Waals surface area contributed by atoms with E-state index >= 15 is 0 Å². The number of rotatable bonds is 9. The number of benzene rings is 2. The molecule has 0 saturated carbocycles. The number of nitro benzene ring substituents is 1. The van der Waals surface area contributed by atoms with E-state index < -0.39 is 10.9 Å². The lowest BCUT2D eigenvalue weighted by molar-refractivity contribution is -0.384. The lowest BCUT2D eigenvalue weighted by Gasteiger charge is -2.08. The Kier molecular flexibility index (Phi) is 7.21. The second kappa shape index (κ2) is 10.0. The summed E-state index contributed by atoms with van der Waals surface area (Å²) in [5.41, 5.74) is 0.499. The predicted octanol–water partition coefficient (Wildman–Crippen LogP) is 4.85. The van der Waals surface area contributed by atoms with E-state index in [1.54, 1.807) is 18.2 Å². The number of nitro groups is 1. The molecular weight excluding hydrogens is 437 g/mol. The van der Waals surface area contributed by atoms with Gasteiger partial charge >= 0.3 is 5.97 Å². The number of esters is 1. The molecule has 2 aromatic carbocycles. The summed E-state index contributed by atoms with van der Waals surface area (Å²) in [7, 11) is 0. The number of hydrogen-bond donors (Lipinski definition) is 0. The normalized spacial score (nSPS) is 10.6. The number of carbonyl (C=O) groups is 1. The third kappa shape index (κ3) is 5.91. The molecule has 1 aromatic heterocycles. The van der Waals surface area contributed by atoms with Gasteiger partial charge in [-0.05, 0) is 36.8 Å². The molecule has 156 valence electrons. The second-order valence-electron chi connectivity index (χ2n) is 6.00. The summed E-state index contributed by atoms with van der Waals surface area (Å²) in [6, 6.07) is 10.6. The molecule has 0 amide bonds. The van der Waals surface area contributed by atoms with Gasteiger partial charge in [0.05, 0.1) is 16.6 Å². The average molecular weight is 452 g/mol. The number of carbonyl (C=O) groups excluding carboxylic acids is 1. The minimum absolute atomic E-state index is 0.0429. The summed E-state index contributed by atoms with van der Waals surface area (Å²) >= 11 is 11.8. The minimum Gasteiger partial charge on any atom is -0.492 e. The molecule has 1 heterocycles. The summed E-state index contributed by atoms with van der Waals surface area (Å²) in [4.78, 5) is 26.1. The van der Waals surface area contributed by atoms with E-state index in [0.29, 0.717) is 27.8 Å². The molecule has 9 nitrogen and oxygen atoms in total. The molecule has 30 heavy (non-hydrogen) atoms. The summed E-state index contributed by atoms with van der Waals surface area (Å²) < 4.78 is 15.6. The molecule has 11 heteroatoms. The molecule has 0 bridgehead atoms. The Labute approximate surface area is 180 Å². The van der Waals surface area contributed by atoms with Gasteiger partial charge in [0.25, 0.3) is 11.6 Å². The summed E-state index contributed by atoms with van der Waals surface area (Å²) in [6.45, 7) is 0.101. The van der Waals surface area contributed by atoms with E-state index in [4.69, 9.17) is 37.2 Å². The van der Waals surface area contributed by atoms with Gasteiger partial charge in [0.15, 0.2) is 6.61 Å². The van der Waals surface area contributed by atoms with E-state index in [9.17, 15) is 14.9 Å². The number of non-ortho nitro benzene ring substituents is 1. The Morgan fingerprint density at radius 1 is 1.17 bits per heavy atom. The van der Waals surface area contributed by atoms with Crippen molar-refractivity contribution in [2.75, 3.05) is 6.61 Å². The number of hydrogen-bond acceptors (Lipinski definition) is 8. The summed E-state index contributed by atoms with van der Waals surface area (Å²) in [6.07, 6.45) is 0.560. The van der Waals surface area contributed by atoms with Crippen molar-refractivity contribution in [3.05, 3.63) is 68.5 Å². The molecule has 0 aliphatic rings. The average Bonchev–Trinajstić information content (AvgIpc) is 3.20. The zero-order valence-corrected chi connectivity index (χ0v) is 16.9. The van der Waals surface area contributed by atoms with Crippen LogP contribution in [0.3, 0.4) is 0 Å². The van der Waals surface area contributed by atoms with E-state index in [1.807, 2.05) is 0 Å². The predicted molar refractivity (Wildman–Crippen MR) is 107 cm³/mol. The first-order valence-corrected chi connectivity index (χ1v) is 9.49. The second-order valence-corrected chi connectivity index (χ2v) is 6.85. The highest BCUT2D eigenvalue weighted by atomic mass is 35.5. The fraction of sp³-hybridized carbons (Fsp3) is 0.211. The van der Waals surface area contributed by atoms with Crippen LogP contribution in [0, 0.1) is 10.1 Å². The zero-order valence-electron chi connectivity index (χ0n) is 15.4. The molecule has 0 aliphatic carbocycles. The molecule has 0 N–H and O–H groups in total. The van der Waals surface area contributed by atoms with Crippen LogP contribution < -0.4 is 4.74 Å². The largest absolute Gasteiger partial charge is 0.492 e. The molecule has 0 spiro atoms. The smallest absolute Gasteiger partial charge is 0.306 e. The van der Waals surface area contributed by atoms with Crippen LogP contribution in [0.2, 0.25) is 10.0 Å². The maximum Gasteiger partial charge on any atom is 0.306 e. The van der Waals surface area contributed by atoms with Gasteiger partial charge < -0.3 is 14.0 Å². The molecular formula is C19H15Cl2N3O6. The minimum atomic E-state index is -0.500. The van der Waals surface area contributed by atoms with Crippen molar-refractivity contribution in [2.45, 2.75) is 19.4 Å². The monoisotopic (exact) mass is 451 g/mol. The molecule has 0 fully saturated rings. The van der Waals surface area contributed by atoms with Crippen molar-refractivity contribution in [3.63, 3.8) is 0 Å². The van der Waals surface area contributed by atoms with Crippen LogP contribution in [0.5, 0.6) is 5.75 Å². The highest BCUT2D eigenvalue weighted by Crippen LogP contribution is 2.27. The standard InChI is InChI=1S/C19H15Cl2N3O6/c20-13-5-8-16(15(21)10-13)28-9-1-2-18(25)29-11-17-22-19(23-30-17)12-3-6-14(7-4-12)24(26)27/h3-8,10H,1-2,9,11H2. The number of halogens is 2. The highest BCUT2D eigenvalue weighted by molar-refractivity contribution is 6.35. The van der Waals surface area contributed by atoms with Crippen molar-refractivity contribution in [1.29, 1.82) is 0 Å². The fourth-order valence-electron chi connectivity index (χ4n) is 2.37. The Bertz CT molecular complexity index is 1040. The first-order chi connectivity index (χ1) is 14.4. The molecule has 3 aromatic rings. The van der Waals surface area contributed by atoms with Crippen LogP contribution in [0.25, 0.3) is 11.4 Å². The highest BCUT2D eigenvalue weighted by Gasteiger charge is 2.13. The lowest BCUT2D eigenvalue weighted by atomic mass is 10.2. The van der Waals surface area contributed by atoms with Crippen LogP contribution in [-0.2, 0) is 16.1 Å². The van der Waals surface area contributed by atoms with Crippen molar-refractivity contribution in [3.8, 4) is 17.1 Å². The van der Waals surface area contributed by atoms with E-state index in [2.05, 4.69) is 10.1 Å². The topological polar surface area (TPSA) is 118 Å². The van der Waals surface area contributed by atoms with E-state index in [-0.39, 0.29) is 37.0 Å². The Morgan fingerprint density at radius 2 is 1.93 bits per heavy atom. The maximum atomic E-state index is 11.8. The van der Waals surface area contributed by atoms with Crippen LogP contribution in [0.4, 0.5) is 5.69 Å². The van der Waals surface area contributed by atoms with Gasteiger partial charge in [0.2, 0.25) is 5.82 Å². The maximum absolute atomic E-state index is 11.8. The Balaban J connectivity index is 1.41. The lowest BCUT2D eigenvalue weighted by Crippen LogP contribution is -2.07. The van der Waals surface area contributed by atoms with Gasteiger partial charge in [-0.15, -0.1) is 0 Å². The summed E-state index contributed by atoms with van der Waals surface area (Å²) in [5, 5.41) is 15.4. The van der Waals surface area contributed by atoms with Gasteiger partial charge in [-0.1, -0.05) is 28.4 Å². The third-order valence-electron chi connectivity index (χ3n) is 3.84. The Morgan fingerprint density at radius 3 is 2.63 bits per heavy atom. The van der Waals surface area contributed by atoms with Gasteiger partial charge in [0, 0.05) is 29.1 Å². The van der Waals surface area contributed by atoms with Crippen molar-refractivity contribution in [2.24, 2.45) is 0 Å². The Hall–Kier alpha value is -3.17. The van der Waals surface area contributed by atoms with Gasteiger partial charge in [0.1, 0.15) is 5.75 Å². The third-order valence-corrected chi connectivity index (χ3v) is 4.37. The first-order valence-electron chi connectivity index (χ1n) is 8.73. The van der Waals surface area contributed by atoms with Crippen molar-refractivity contribution >= 4 is 34.9 Å². The van der Waals surface area contributed by atoms with E-state index in [0.717, 1.165) is 0 Å². The quantitative estimate of drug-likeness (QED) is 0.196. The van der Waals surface area contributed by atoms with Crippen LogP contribution in [0.15, 0.2) is 47.0 Å². The van der Waals surface area contributed by atoms with Gasteiger partial charge in [-0.2, -0.15) is 4.98 Å². The molecule has 0 aliphatic heterocycles. The molecule has 0 atom stereocenters. The van der Waals surface area contributed by atoms with Crippen LogP contribution in [0.1, 0.15) is 18.7 Å². The number of aromatic nitrogens is 2. The number of nitrogens with zero attached hydrogens (tertiary/aromatic N) is 3. The first kappa shape index (κ1) is 21.5. The molecule has 0 unspecified atom stereocenters. The van der Waals surface area contributed by atoms with Gasteiger partial charge in [-0.3, -0.25) is 14.9 Å². The number of ether oxygens (including phenoxy) is 2. The van der Waals surface area contributed by atoms with Crippen LogP contribution in [-0.4, -0.2) is 27.6 Å². The summed E-state index contributed by atoms with van der Waals surface area (Å²) in [5.74, 6) is 0.389. The van der Waals surface area contributed by atoms with Crippen molar-refractivity contribution in [1.82, 2.24) is 10.1 Å². The van der Waals surface area contributed by atoms with Crippen LogP contribution >= 0.6 is 23.2 Å². The zero-order chi connectivity index (χ0) is 21.5. The molecule has 3 rings (SSSR count). The fourth-order valence-corrected chi connectivity index (χ4v) is 2.83. The van der Waals surface area contributed by atoms with Crippen molar-refractivity contribution < 1.29 is 23.7 Å². The molecule has 0 radical (unpaired) electrons.